The first-order valence-corrected chi connectivity index (χ1v) is 8.90. The summed E-state index contributed by atoms with van der Waals surface area (Å²) < 4.78 is 27.4. The molecule has 0 amide bonds. The number of nitro benzene ring substituents is 1. The number of nitro groups is 1. The summed E-state index contributed by atoms with van der Waals surface area (Å²) in [6.07, 6.45) is 0. The van der Waals surface area contributed by atoms with Crippen LogP contribution in [0.15, 0.2) is 53.4 Å². The molecule has 0 aliphatic heterocycles. The van der Waals surface area contributed by atoms with Crippen LogP contribution >= 0.6 is 0 Å². The Hall–Kier alpha value is -3.33. The third-order valence-electron chi connectivity index (χ3n) is 3.98. The van der Waals surface area contributed by atoms with E-state index in [1.807, 2.05) is 0 Å². The monoisotopic (exact) mass is 374 g/mol. The fraction of sp³-hybridized carbons (Fsp3) is 0.0588. The maximum absolute atomic E-state index is 12.6. The Kier molecular flexibility index (Phi) is 4.17. The van der Waals surface area contributed by atoms with E-state index in [4.69, 9.17) is 0 Å². The van der Waals surface area contributed by atoms with Crippen molar-refractivity contribution < 1.29 is 23.6 Å². The molecule has 0 aromatic heterocycles. The summed E-state index contributed by atoms with van der Waals surface area (Å²) in [4.78, 5) is 10.4. The minimum atomic E-state index is -4.09. The molecule has 0 atom stereocenters. The SMILES string of the molecule is Cc1c(O)cc([N+](=O)[O-])c2cc(S(=O)(=O)Nc3ccccc3O)ccc12. The van der Waals surface area contributed by atoms with Crippen LogP contribution in [-0.4, -0.2) is 23.6 Å². The molecule has 0 aliphatic rings. The number of benzene rings is 3. The van der Waals surface area contributed by atoms with Crippen LogP contribution in [0.1, 0.15) is 5.56 Å². The number of phenols is 2. The van der Waals surface area contributed by atoms with E-state index in [0.29, 0.717) is 10.9 Å². The van der Waals surface area contributed by atoms with Crippen molar-refractivity contribution in [3.63, 3.8) is 0 Å². The Morgan fingerprint density at radius 1 is 1.00 bits per heavy atom. The van der Waals surface area contributed by atoms with Crippen LogP contribution < -0.4 is 4.72 Å². The quantitative estimate of drug-likeness (QED) is 0.365. The molecule has 0 spiro atoms. The highest BCUT2D eigenvalue weighted by molar-refractivity contribution is 7.92. The number of phenolic OH excluding ortho intramolecular Hbond substituents is 2. The lowest BCUT2D eigenvalue weighted by atomic mass is 10.0. The minimum Gasteiger partial charge on any atom is -0.507 e. The van der Waals surface area contributed by atoms with Gasteiger partial charge in [-0.3, -0.25) is 14.8 Å². The number of hydrogen-bond acceptors (Lipinski definition) is 6. The lowest BCUT2D eigenvalue weighted by molar-refractivity contribution is -0.383. The van der Waals surface area contributed by atoms with Crippen LogP contribution in [0.4, 0.5) is 11.4 Å². The number of para-hydroxylation sites is 2. The van der Waals surface area contributed by atoms with Gasteiger partial charge in [0.1, 0.15) is 11.5 Å². The molecule has 0 saturated heterocycles. The molecule has 9 heteroatoms. The molecule has 0 unspecified atom stereocenters. The van der Waals surface area contributed by atoms with E-state index in [2.05, 4.69) is 4.72 Å². The zero-order chi connectivity index (χ0) is 19.1. The van der Waals surface area contributed by atoms with Crippen molar-refractivity contribution in [2.24, 2.45) is 0 Å². The number of fused-ring (bicyclic) bond motifs is 1. The van der Waals surface area contributed by atoms with Crippen LogP contribution in [0.3, 0.4) is 0 Å². The average Bonchev–Trinajstić information content (AvgIpc) is 2.59. The molecular weight excluding hydrogens is 360 g/mol. The maximum Gasteiger partial charge on any atom is 0.280 e. The Bertz CT molecular complexity index is 1140. The summed E-state index contributed by atoms with van der Waals surface area (Å²) in [5.74, 6) is -0.490. The molecular formula is C17H14N2O6S. The Morgan fingerprint density at radius 2 is 1.69 bits per heavy atom. The second-order valence-electron chi connectivity index (χ2n) is 5.63. The third-order valence-corrected chi connectivity index (χ3v) is 5.35. The molecule has 0 saturated carbocycles. The van der Waals surface area contributed by atoms with Crippen molar-refractivity contribution in [3.8, 4) is 11.5 Å². The predicted molar refractivity (Wildman–Crippen MR) is 95.9 cm³/mol. The molecule has 134 valence electrons. The van der Waals surface area contributed by atoms with E-state index in [9.17, 15) is 28.7 Å². The average molecular weight is 374 g/mol. The zero-order valence-corrected chi connectivity index (χ0v) is 14.3. The fourth-order valence-corrected chi connectivity index (χ4v) is 3.70. The fourth-order valence-electron chi connectivity index (χ4n) is 2.60. The highest BCUT2D eigenvalue weighted by atomic mass is 32.2. The summed E-state index contributed by atoms with van der Waals surface area (Å²) in [6.45, 7) is 1.58. The van der Waals surface area contributed by atoms with Gasteiger partial charge in [0, 0.05) is 0 Å². The van der Waals surface area contributed by atoms with Crippen LogP contribution in [-0.2, 0) is 10.0 Å². The Morgan fingerprint density at radius 3 is 2.35 bits per heavy atom. The number of nitrogens with one attached hydrogen (secondary N) is 1. The Balaban J connectivity index is 2.17. The molecule has 3 N–H and O–H groups in total. The summed E-state index contributed by atoms with van der Waals surface area (Å²) in [5.41, 5.74) is -0.00472. The smallest absolute Gasteiger partial charge is 0.280 e. The van der Waals surface area contributed by atoms with E-state index in [1.165, 1.54) is 30.3 Å². The number of sulfonamides is 1. The van der Waals surface area contributed by atoms with Crippen molar-refractivity contribution in [1.29, 1.82) is 0 Å². The van der Waals surface area contributed by atoms with Gasteiger partial charge in [0.05, 0.1) is 27.0 Å². The molecule has 0 heterocycles. The van der Waals surface area contributed by atoms with Gasteiger partial charge < -0.3 is 10.2 Å². The Labute approximate surface area is 148 Å². The number of non-ortho nitro benzene ring substituents is 1. The van der Waals surface area contributed by atoms with E-state index < -0.39 is 20.6 Å². The van der Waals surface area contributed by atoms with E-state index >= 15 is 0 Å². The third kappa shape index (κ3) is 3.00. The number of aromatic hydroxyl groups is 2. The van der Waals surface area contributed by atoms with Crippen molar-refractivity contribution in [1.82, 2.24) is 0 Å². The highest BCUT2D eigenvalue weighted by Gasteiger charge is 2.21. The molecule has 3 rings (SSSR count). The zero-order valence-electron chi connectivity index (χ0n) is 13.5. The van der Waals surface area contributed by atoms with Gasteiger partial charge in [-0.1, -0.05) is 18.2 Å². The summed E-state index contributed by atoms with van der Waals surface area (Å²) in [6, 6.07) is 10.6. The molecule has 0 aliphatic carbocycles. The number of nitrogens with zero attached hydrogens (tertiary/aromatic N) is 1. The van der Waals surface area contributed by atoms with Crippen molar-refractivity contribution in [3.05, 3.63) is 64.2 Å². The summed E-state index contributed by atoms with van der Waals surface area (Å²) >= 11 is 0. The minimum absolute atomic E-state index is 0.0102. The standard InChI is InChI=1S/C17H14N2O6S/c1-10-12-7-6-11(8-13(12)15(19(22)23)9-17(10)21)26(24,25)18-14-4-2-3-5-16(14)20/h2-9,18,20-21H,1H3. The van der Waals surface area contributed by atoms with Crippen LogP contribution in [0.5, 0.6) is 11.5 Å². The molecule has 3 aromatic carbocycles. The lowest BCUT2D eigenvalue weighted by Gasteiger charge is -2.11. The van der Waals surface area contributed by atoms with Gasteiger partial charge in [-0.15, -0.1) is 0 Å². The van der Waals surface area contributed by atoms with E-state index in [0.717, 1.165) is 6.07 Å². The molecule has 0 fully saturated rings. The summed E-state index contributed by atoms with van der Waals surface area (Å²) in [7, 11) is -4.09. The molecule has 8 nitrogen and oxygen atoms in total. The maximum atomic E-state index is 12.6. The highest BCUT2D eigenvalue weighted by Crippen LogP contribution is 2.36. The normalized spacial score (nSPS) is 11.4. The summed E-state index contributed by atoms with van der Waals surface area (Å²) in [5, 5.41) is 31.3. The van der Waals surface area contributed by atoms with Crippen LogP contribution in [0.25, 0.3) is 10.8 Å². The first-order valence-electron chi connectivity index (χ1n) is 7.42. The van der Waals surface area contributed by atoms with Gasteiger partial charge in [-0.05, 0) is 42.1 Å². The van der Waals surface area contributed by atoms with Crippen molar-refractivity contribution in [2.75, 3.05) is 4.72 Å². The van der Waals surface area contributed by atoms with Crippen molar-refractivity contribution >= 4 is 32.2 Å². The molecule has 3 aromatic rings. The first kappa shape index (κ1) is 17.5. The number of rotatable bonds is 4. The largest absolute Gasteiger partial charge is 0.507 e. The number of anilines is 1. The predicted octanol–water partition coefficient (Wildman–Crippen LogP) is 3.27. The molecule has 26 heavy (non-hydrogen) atoms. The van der Waals surface area contributed by atoms with Gasteiger partial charge in [-0.25, -0.2) is 8.42 Å². The van der Waals surface area contributed by atoms with Gasteiger partial charge in [0.2, 0.25) is 0 Å². The second-order valence-corrected chi connectivity index (χ2v) is 7.31. The topological polar surface area (TPSA) is 130 Å². The second kappa shape index (κ2) is 6.19. The molecule has 0 bridgehead atoms. The molecule has 0 radical (unpaired) electrons. The van der Waals surface area contributed by atoms with Gasteiger partial charge in [-0.2, -0.15) is 0 Å². The van der Waals surface area contributed by atoms with Gasteiger partial charge >= 0.3 is 0 Å². The van der Waals surface area contributed by atoms with E-state index in [1.54, 1.807) is 19.1 Å². The van der Waals surface area contributed by atoms with Crippen molar-refractivity contribution in [2.45, 2.75) is 11.8 Å². The number of aryl methyl sites for hydroxylation is 1. The van der Waals surface area contributed by atoms with Crippen LogP contribution in [0.2, 0.25) is 0 Å². The number of hydrogen-bond donors (Lipinski definition) is 3. The van der Waals surface area contributed by atoms with E-state index in [-0.39, 0.29) is 27.5 Å². The van der Waals surface area contributed by atoms with Crippen LogP contribution in [0, 0.1) is 17.0 Å². The first-order chi connectivity index (χ1) is 12.2. The lowest BCUT2D eigenvalue weighted by Crippen LogP contribution is -2.13. The van der Waals surface area contributed by atoms with Gasteiger partial charge in [0.25, 0.3) is 15.7 Å². The van der Waals surface area contributed by atoms with Gasteiger partial charge in [0.15, 0.2) is 0 Å².